The van der Waals surface area contributed by atoms with Crippen molar-refractivity contribution in [1.29, 1.82) is 5.26 Å². The molecule has 1 atom stereocenters. The molecule has 1 aromatic rings. The van der Waals surface area contributed by atoms with Gasteiger partial charge in [0.25, 0.3) is 0 Å². The first kappa shape index (κ1) is 19.3. The van der Waals surface area contributed by atoms with E-state index in [9.17, 15) is 19.4 Å². The van der Waals surface area contributed by atoms with Crippen LogP contribution in [-0.2, 0) is 25.5 Å². The molecular weight excluding hydrogens is 343 g/mol. The molecule has 2 N–H and O–H groups in total. The van der Waals surface area contributed by atoms with Crippen LogP contribution >= 0.6 is 0 Å². The van der Waals surface area contributed by atoms with E-state index in [2.05, 4.69) is 10.1 Å². The van der Waals surface area contributed by atoms with Gasteiger partial charge >= 0.3 is 19.1 Å². The van der Waals surface area contributed by atoms with Crippen LogP contribution in [0.5, 0.6) is 5.75 Å². The largest absolute Gasteiger partial charge is 0.547 e. The quantitative estimate of drug-likeness (QED) is 0.415. The summed E-state index contributed by atoms with van der Waals surface area (Å²) in [5.41, 5.74) is 0.672. The van der Waals surface area contributed by atoms with Crippen molar-refractivity contribution in [3.05, 3.63) is 29.3 Å². The van der Waals surface area contributed by atoms with E-state index in [1.807, 2.05) is 6.07 Å². The molecule has 0 saturated heterocycles. The fourth-order valence-electron chi connectivity index (χ4n) is 2.40. The standard InChI is InChI=1S/C16H17BN2O7/c1-10(20)24-9-25-16(22)12-5-2-4-11-8-13(17(23)26-15(11)12)19-14(21)6-3-7-18/h2,4-5,13,23H,3,6,8-9H2,1H3,(H,19,21). The highest BCUT2D eigenvalue weighted by Gasteiger charge is 2.37. The van der Waals surface area contributed by atoms with Gasteiger partial charge in [-0.3, -0.25) is 9.59 Å². The van der Waals surface area contributed by atoms with Gasteiger partial charge in [-0.05, 0) is 18.1 Å². The molecule has 1 aliphatic heterocycles. The van der Waals surface area contributed by atoms with E-state index in [0.29, 0.717) is 5.56 Å². The van der Waals surface area contributed by atoms with Gasteiger partial charge in [0.15, 0.2) is 0 Å². The Labute approximate surface area is 150 Å². The van der Waals surface area contributed by atoms with Gasteiger partial charge in [-0.15, -0.1) is 0 Å². The highest BCUT2D eigenvalue weighted by Crippen LogP contribution is 2.30. The van der Waals surface area contributed by atoms with Crippen LogP contribution in [0.3, 0.4) is 0 Å². The normalized spacial score (nSPS) is 15.1. The van der Waals surface area contributed by atoms with Crippen molar-refractivity contribution in [2.75, 3.05) is 6.79 Å². The van der Waals surface area contributed by atoms with E-state index < -0.39 is 31.8 Å². The van der Waals surface area contributed by atoms with E-state index in [0.717, 1.165) is 0 Å². The first-order valence-electron chi connectivity index (χ1n) is 7.85. The van der Waals surface area contributed by atoms with E-state index in [-0.39, 0.29) is 36.5 Å². The number of ether oxygens (including phenoxy) is 2. The fraction of sp³-hybridized carbons (Fsp3) is 0.375. The van der Waals surface area contributed by atoms with Crippen molar-refractivity contribution >= 4 is 25.0 Å². The van der Waals surface area contributed by atoms with E-state index in [1.165, 1.54) is 13.0 Å². The second-order valence-electron chi connectivity index (χ2n) is 5.52. The molecule has 0 aliphatic carbocycles. The highest BCUT2D eigenvalue weighted by atomic mass is 16.7. The minimum absolute atomic E-state index is 0.0229. The number of nitrogens with one attached hydrogen (secondary N) is 1. The fourth-order valence-corrected chi connectivity index (χ4v) is 2.40. The van der Waals surface area contributed by atoms with E-state index in [1.54, 1.807) is 12.1 Å². The number of carbonyl (C=O) groups is 3. The zero-order chi connectivity index (χ0) is 19.1. The van der Waals surface area contributed by atoms with Crippen LogP contribution in [0.1, 0.15) is 35.7 Å². The first-order chi connectivity index (χ1) is 12.4. The number of hydrogen-bond donors (Lipinski definition) is 2. The summed E-state index contributed by atoms with van der Waals surface area (Å²) in [6, 6.07) is 6.62. The minimum Gasteiger partial charge on any atom is -0.534 e. The SMILES string of the molecule is CC(=O)OCOC(=O)c1cccc2c1OB(O)C(NC(=O)CCC#N)C2. The van der Waals surface area contributed by atoms with Crippen molar-refractivity contribution in [3.63, 3.8) is 0 Å². The Morgan fingerprint density at radius 2 is 2.19 bits per heavy atom. The lowest BCUT2D eigenvalue weighted by Crippen LogP contribution is -2.53. The number of fused-ring (bicyclic) bond motifs is 1. The lowest BCUT2D eigenvalue weighted by Gasteiger charge is -2.29. The first-order valence-corrected chi connectivity index (χ1v) is 7.85. The molecule has 9 nitrogen and oxygen atoms in total. The van der Waals surface area contributed by atoms with Gasteiger partial charge in [0, 0.05) is 19.8 Å². The monoisotopic (exact) mass is 360 g/mol. The minimum atomic E-state index is -1.36. The molecule has 136 valence electrons. The molecule has 1 unspecified atom stereocenters. The molecule has 1 heterocycles. The third kappa shape index (κ3) is 4.97. The summed E-state index contributed by atoms with van der Waals surface area (Å²) in [4.78, 5) is 34.5. The number of rotatable bonds is 6. The predicted octanol–water partition coefficient (Wildman–Crippen LogP) is 0.107. The lowest BCUT2D eigenvalue weighted by atomic mass is 9.72. The average molecular weight is 360 g/mol. The maximum Gasteiger partial charge on any atom is 0.547 e. The molecule has 10 heteroatoms. The summed E-state index contributed by atoms with van der Waals surface area (Å²) in [5.74, 6) is -2.29. The van der Waals surface area contributed by atoms with Gasteiger partial charge in [-0.2, -0.15) is 5.26 Å². The Bertz CT molecular complexity index is 747. The second-order valence-corrected chi connectivity index (χ2v) is 5.52. The lowest BCUT2D eigenvalue weighted by molar-refractivity contribution is -0.149. The topological polar surface area (TPSA) is 135 Å². The van der Waals surface area contributed by atoms with Gasteiger partial charge in [-0.25, -0.2) is 4.79 Å². The van der Waals surface area contributed by atoms with Crippen LogP contribution in [0.4, 0.5) is 0 Å². The van der Waals surface area contributed by atoms with Crippen molar-refractivity contribution in [1.82, 2.24) is 5.32 Å². The Hall–Kier alpha value is -3.06. The van der Waals surface area contributed by atoms with Gasteiger partial charge in [0.1, 0.15) is 11.3 Å². The van der Waals surface area contributed by atoms with E-state index >= 15 is 0 Å². The second kappa shape index (κ2) is 8.87. The Morgan fingerprint density at radius 3 is 2.88 bits per heavy atom. The molecule has 0 bridgehead atoms. The molecule has 0 saturated carbocycles. The molecule has 0 spiro atoms. The molecule has 0 radical (unpaired) electrons. The number of para-hydroxylation sites is 1. The summed E-state index contributed by atoms with van der Waals surface area (Å²) in [7, 11) is -1.36. The number of benzene rings is 1. The Morgan fingerprint density at radius 1 is 1.42 bits per heavy atom. The third-order valence-corrected chi connectivity index (χ3v) is 3.60. The summed E-state index contributed by atoms with van der Waals surface area (Å²) >= 11 is 0. The molecular formula is C16H17BN2O7. The molecule has 0 aromatic heterocycles. The summed E-state index contributed by atoms with van der Waals surface area (Å²) in [6.07, 6.45) is 0.333. The third-order valence-electron chi connectivity index (χ3n) is 3.60. The summed E-state index contributed by atoms with van der Waals surface area (Å²) < 4.78 is 14.8. The number of nitrogens with zero attached hydrogens (tertiary/aromatic N) is 1. The maximum atomic E-state index is 12.1. The Balaban J connectivity index is 2.08. The molecule has 1 aliphatic rings. The molecule has 1 amide bonds. The smallest absolute Gasteiger partial charge is 0.534 e. The summed E-state index contributed by atoms with van der Waals surface area (Å²) in [5, 5.41) is 21.2. The van der Waals surface area contributed by atoms with Crippen LogP contribution in [0.25, 0.3) is 0 Å². The van der Waals surface area contributed by atoms with Crippen LogP contribution in [-0.4, -0.2) is 42.7 Å². The van der Waals surface area contributed by atoms with Gasteiger partial charge in [0.2, 0.25) is 12.7 Å². The number of esters is 2. The van der Waals surface area contributed by atoms with Crippen molar-refractivity contribution in [2.24, 2.45) is 0 Å². The number of carbonyl (C=O) groups excluding carboxylic acids is 3. The van der Waals surface area contributed by atoms with Crippen LogP contribution in [0.2, 0.25) is 0 Å². The van der Waals surface area contributed by atoms with Crippen LogP contribution in [0, 0.1) is 11.3 Å². The molecule has 0 fully saturated rings. The number of hydrogen-bond acceptors (Lipinski definition) is 8. The zero-order valence-corrected chi connectivity index (χ0v) is 14.1. The van der Waals surface area contributed by atoms with Gasteiger partial charge in [0.05, 0.1) is 12.0 Å². The van der Waals surface area contributed by atoms with E-state index in [4.69, 9.17) is 14.7 Å². The maximum absolute atomic E-state index is 12.1. The predicted molar refractivity (Wildman–Crippen MR) is 87.6 cm³/mol. The van der Waals surface area contributed by atoms with Crippen molar-refractivity contribution in [2.45, 2.75) is 32.1 Å². The zero-order valence-electron chi connectivity index (χ0n) is 14.1. The molecule has 2 rings (SSSR count). The molecule has 26 heavy (non-hydrogen) atoms. The average Bonchev–Trinajstić information content (AvgIpc) is 2.59. The van der Waals surface area contributed by atoms with Gasteiger partial charge < -0.3 is 24.5 Å². The van der Waals surface area contributed by atoms with Gasteiger partial charge in [-0.1, -0.05) is 12.1 Å². The number of nitriles is 1. The van der Waals surface area contributed by atoms with Crippen LogP contribution in [0.15, 0.2) is 18.2 Å². The highest BCUT2D eigenvalue weighted by molar-refractivity contribution is 6.47. The summed E-state index contributed by atoms with van der Waals surface area (Å²) in [6.45, 7) is 0.653. The Kier molecular flexibility index (Phi) is 6.57. The van der Waals surface area contributed by atoms with Crippen molar-refractivity contribution in [3.8, 4) is 11.8 Å². The number of amides is 1. The molecule has 1 aromatic carbocycles. The van der Waals surface area contributed by atoms with Crippen LogP contribution < -0.4 is 9.97 Å². The van der Waals surface area contributed by atoms with Crippen molar-refractivity contribution < 1.29 is 33.5 Å².